The van der Waals surface area contributed by atoms with Crippen molar-refractivity contribution in [2.24, 2.45) is 5.92 Å². The van der Waals surface area contributed by atoms with Crippen molar-refractivity contribution in [2.45, 2.75) is 56.8 Å². The highest BCUT2D eigenvalue weighted by atomic mass is 16.6. The van der Waals surface area contributed by atoms with Crippen LogP contribution < -0.4 is 4.74 Å². The van der Waals surface area contributed by atoms with Crippen LogP contribution in [-0.2, 0) is 10.2 Å². The smallest absolute Gasteiger partial charge is 0.175 e. The second-order valence-corrected chi connectivity index (χ2v) is 9.99. The van der Waals surface area contributed by atoms with Gasteiger partial charge in [-0.25, -0.2) is 0 Å². The van der Waals surface area contributed by atoms with Crippen LogP contribution in [0, 0.1) is 5.92 Å². The molecule has 0 amide bonds. The molecule has 2 aromatic carbocycles. The molecule has 0 spiro atoms. The molecule has 32 heavy (non-hydrogen) atoms. The number of rotatable bonds is 5. The number of para-hydroxylation sites is 1. The van der Waals surface area contributed by atoms with Gasteiger partial charge in [0.2, 0.25) is 0 Å². The molecule has 3 aliphatic rings. The van der Waals surface area contributed by atoms with Crippen LogP contribution in [0.15, 0.2) is 67.3 Å². The Morgan fingerprint density at radius 3 is 2.47 bits per heavy atom. The number of benzene rings is 2. The molecule has 1 aliphatic heterocycles. The van der Waals surface area contributed by atoms with Crippen LogP contribution in [-0.4, -0.2) is 18.0 Å². The zero-order valence-electron chi connectivity index (χ0n) is 19.6. The van der Waals surface area contributed by atoms with Crippen LogP contribution in [0.25, 0.3) is 5.57 Å². The van der Waals surface area contributed by atoms with Gasteiger partial charge in [0.1, 0.15) is 11.9 Å². The first-order valence-corrected chi connectivity index (χ1v) is 11.4. The molecule has 3 heteroatoms. The average Bonchev–Trinajstić information content (AvgIpc) is 3.06. The number of aliphatic hydroxyl groups is 1. The van der Waals surface area contributed by atoms with Crippen molar-refractivity contribution in [1.29, 1.82) is 0 Å². The monoisotopic (exact) mass is 428 g/mol. The van der Waals surface area contributed by atoms with Crippen molar-refractivity contribution in [3.63, 3.8) is 0 Å². The first-order valence-electron chi connectivity index (χ1n) is 11.4. The first-order chi connectivity index (χ1) is 15.2. The van der Waals surface area contributed by atoms with E-state index in [4.69, 9.17) is 9.47 Å². The van der Waals surface area contributed by atoms with Crippen molar-refractivity contribution in [3.05, 3.63) is 95.1 Å². The molecule has 5 atom stereocenters. The third-order valence-electron chi connectivity index (χ3n) is 8.05. The molecule has 3 nitrogen and oxygen atoms in total. The Morgan fingerprint density at radius 2 is 1.81 bits per heavy atom. The standard InChI is InChI=1S/C29H32O3/c1-8-11-16(2)17(3)23-20(25-18(4)29(25,30)31-7)14-15-21-24(23)27-26(28(21,5)6)19-12-9-10-13-22(19)32-27/h8-15,18,25-27,30H,2-3H2,1,4-7H3/b11-8-. The highest BCUT2D eigenvalue weighted by molar-refractivity contribution is 5.85. The summed E-state index contributed by atoms with van der Waals surface area (Å²) in [7, 11) is 1.58. The minimum atomic E-state index is -1.15. The third kappa shape index (κ3) is 2.61. The molecule has 2 aromatic rings. The molecule has 0 radical (unpaired) electrons. The largest absolute Gasteiger partial charge is 0.485 e. The van der Waals surface area contributed by atoms with E-state index in [0.717, 1.165) is 28.0 Å². The Kier molecular flexibility index (Phi) is 4.60. The van der Waals surface area contributed by atoms with Gasteiger partial charge < -0.3 is 14.6 Å². The second-order valence-electron chi connectivity index (χ2n) is 9.99. The van der Waals surface area contributed by atoms with Crippen molar-refractivity contribution in [1.82, 2.24) is 0 Å². The minimum Gasteiger partial charge on any atom is -0.485 e. The molecule has 2 aliphatic carbocycles. The summed E-state index contributed by atoms with van der Waals surface area (Å²) in [6.45, 7) is 17.4. The van der Waals surface area contributed by atoms with Gasteiger partial charge in [0.25, 0.3) is 0 Å². The number of hydrogen-bond acceptors (Lipinski definition) is 3. The summed E-state index contributed by atoms with van der Waals surface area (Å²) in [6, 6.07) is 12.8. The van der Waals surface area contributed by atoms with E-state index in [0.29, 0.717) is 0 Å². The Bertz CT molecular complexity index is 1170. The molecule has 1 fully saturated rings. The lowest BCUT2D eigenvalue weighted by molar-refractivity contribution is -0.115. The predicted octanol–water partition coefficient (Wildman–Crippen LogP) is 6.41. The lowest BCUT2D eigenvalue weighted by Gasteiger charge is -2.27. The summed E-state index contributed by atoms with van der Waals surface area (Å²) >= 11 is 0. The molecule has 5 unspecified atom stereocenters. The van der Waals surface area contributed by atoms with Crippen LogP contribution in [0.3, 0.4) is 0 Å². The highest BCUT2D eigenvalue weighted by Crippen LogP contribution is 2.65. The van der Waals surface area contributed by atoms with Crippen LogP contribution in [0.4, 0.5) is 0 Å². The van der Waals surface area contributed by atoms with Gasteiger partial charge in [-0.05, 0) is 40.8 Å². The van der Waals surface area contributed by atoms with Crippen molar-refractivity contribution < 1.29 is 14.6 Å². The van der Waals surface area contributed by atoms with E-state index in [-0.39, 0.29) is 29.3 Å². The number of methoxy groups -OCH3 is 1. The molecular weight excluding hydrogens is 396 g/mol. The minimum absolute atomic E-state index is 0.000939. The zero-order valence-corrected chi connectivity index (χ0v) is 19.6. The number of allylic oxidation sites excluding steroid dienone is 4. The van der Waals surface area contributed by atoms with Gasteiger partial charge in [0.05, 0.1) is 0 Å². The van der Waals surface area contributed by atoms with Gasteiger partial charge in [-0.15, -0.1) is 0 Å². The van der Waals surface area contributed by atoms with E-state index in [1.165, 1.54) is 16.7 Å². The fourth-order valence-electron chi connectivity index (χ4n) is 6.24. The van der Waals surface area contributed by atoms with Gasteiger partial charge in [-0.2, -0.15) is 0 Å². The Hall–Kier alpha value is -2.62. The maximum absolute atomic E-state index is 11.0. The second kappa shape index (κ2) is 6.94. The van der Waals surface area contributed by atoms with Crippen LogP contribution in [0.2, 0.25) is 0 Å². The maximum atomic E-state index is 11.0. The molecular formula is C29H32O3. The van der Waals surface area contributed by atoms with E-state index in [1.807, 2.05) is 32.1 Å². The molecule has 1 heterocycles. The Morgan fingerprint density at radius 1 is 1.09 bits per heavy atom. The molecule has 5 rings (SSSR count). The molecule has 1 N–H and O–H groups in total. The predicted molar refractivity (Wildman–Crippen MR) is 129 cm³/mol. The van der Waals surface area contributed by atoms with Crippen LogP contribution in [0.1, 0.15) is 73.5 Å². The normalized spacial score (nSPS) is 31.1. The summed E-state index contributed by atoms with van der Waals surface area (Å²) < 4.78 is 12.1. The van der Waals surface area contributed by atoms with Crippen molar-refractivity contribution in [2.75, 3.05) is 7.11 Å². The summed E-state index contributed by atoms with van der Waals surface area (Å²) in [4.78, 5) is 0. The SMILES string of the molecule is C=C(/C=C\C)C(=C)c1c(C2C(C)C2(O)OC)ccc2c1C1Oc3ccccc3C1C2(C)C. The summed E-state index contributed by atoms with van der Waals surface area (Å²) in [5.41, 5.74) is 7.49. The van der Waals surface area contributed by atoms with Gasteiger partial charge in [0.15, 0.2) is 5.79 Å². The summed E-state index contributed by atoms with van der Waals surface area (Å²) in [5, 5.41) is 11.0. The lowest BCUT2D eigenvalue weighted by Crippen LogP contribution is -2.22. The van der Waals surface area contributed by atoms with E-state index in [2.05, 4.69) is 57.3 Å². The number of fused-ring (bicyclic) bond motifs is 5. The molecule has 0 aromatic heterocycles. The Labute approximate surface area is 191 Å². The lowest BCUT2D eigenvalue weighted by atomic mass is 9.75. The zero-order chi connectivity index (χ0) is 23.0. The van der Waals surface area contributed by atoms with E-state index >= 15 is 0 Å². The van der Waals surface area contributed by atoms with Crippen LogP contribution >= 0.6 is 0 Å². The highest BCUT2D eigenvalue weighted by Gasteiger charge is 2.64. The first kappa shape index (κ1) is 21.2. The fraction of sp³-hybridized carbons (Fsp3) is 0.379. The molecule has 166 valence electrons. The van der Waals surface area contributed by atoms with Crippen molar-refractivity contribution in [3.8, 4) is 5.75 Å². The quantitative estimate of drug-likeness (QED) is 0.442. The number of ether oxygens (including phenoxy) is 2. The van der Waals surface area contributed by atoms with Crippen LogP contribution in [0.5, 0.6) is 5.75 Å². The van der Waals surface area contributed by atoms with E-state index in [1.54, 1.807) is 7.11 Å². The summed E-state index contributed by atoms with van der Waals surface area (Å²) in [6.07, 6.45) is 3.88. The molecule has 0 bridgehead atoms. The third-order valence-corrected chi connectivity index (χ3v) is 8.05. The summed E-state index contributed by atoms with van der Waals surface area (Å²) in [5.74, 6) is -0.0851. The topological polar surface area (TPSA) is 38.7 Å². The van der Waals surface area contributed by atoms with Gasteiger partial charge in [-0.1, -0.05) is 76.4 Å². The fourth-order valence-corrected chi connectivity index (χ4v) is 6.24. The van der Waals surface area contributed by atoms with E-state index < -0.39 is 5.79 Å². The van der Waals surface area contributed by atoms with Crippen molar-refractivity contribution >= 4 is 5.57 Å². The average molecular weight is 429 g/mol. The Balaban J connectivity index is 1.75. The van der Waals surface area contributed by atoms with E-state index in [9.17, 15) is 5.11 Å². The molecule has 1 saturated carbocycles. The van der Waals surface area contributed by atoms with Gasteiger partial charge in [-0.3, -0.25) is 0 Å². The van der Waals surface area contributed by atoms with Gasteiger partial charge in [0, 0.05) is 41.4 Å². The van der Waals surface area contributed by atoms with Gasteiger partial charge >= 0.3 is 0 Å². The number of hydrogen-bond donors (Lipinski definition) is 1. The molecule has 0 saturated heterocycles. The maximum Gasteiger partial charge on any atom is 0.175 e.